The summed E-state index contributed by atoms with van der Waals surface area (Å²) in [6.07, 6.45) is 0. The van der Waals surface area contributed by atoms with Gasteiger partial charge in [0, 0.05) is 0 Å². The predicted molar refractivity (Wildman–Crippen MR) is 16.1 cm³/mol. The van der Waals surface area contributed by atoms with Crippen molar-refractivity contribution in [3.05, 3.63) is 0 Å². The summed E-state index contributed by atoms with van der Waals surface area (Å²) in [5.74, 6) is 0. The molecule has 0 spiro atoms. The maximum atomic E-state index is 10.2. The summed E-state index contributed by atoms with van der Waals surface area (Å²) in [5.41, 5.74) is 0. The van der Waals surface area contributed by atoms with Gasteiger partial charge in [-0.05, 0) is 0 Å². The van der Waals surface area contributed by atoms with Crippen LogP contribution in [0.2, 0.25) is 0 Å². The standard InChI is InChI=1S/BF3O.H3N/c2-1(3)5-4;/h;1H3/q-1;/p+1. The lowest BCUT2D eigenvalue weighted by Gasteiger charge is -1.93. The summed E-state index contributed by atoms with van der Waals surface area (Å²) in [7, 11) is -3.28. The van der Waals surface area contributed by atoms with Gasteiger partial charge in [-0.25, -0.2) is 0 Å². The molecule has 0 saturated heterocycles. The lowest BCUT2D eigenvalue weighted by molar-refractivity contribution is -0.0360. The van der Waals surface area contributed by atoms with Crippen LogP contribution in [0.1, 0.15) is 0 Å². The molecule has 2 nitrogen and oxygen atoms in total. The smallest absolute Gasteiger partial charge is 0.411 e. The molecule has 0 amide bonds. The molecule has 0 aromatic heterocycles. The van der Waals surface area contributed by atoms with Gasteiger partial charge < -0.3 is 19.6 Å². The monoisotopic (exact) mass is 102 g/mol. The Hall–Kier alpha value is -0.225. The highest BCUT2D eigenvalue weighted by atomic mass is 19.3. The van der Waals surface area contributed by atoms with E-state index in [0.29, 0.717) is 0 Å². The number of hydrogen-bond donors (Lipinski definition) is 1. The van der Waals surface area contributed by atoms with Crippen LogP contribution >= 0.6 is 0 Å². The fourth-order valence-corrected chi connectivity index (χ4v) is 0. The highest BCUT2D eigenvalue weighted by molar-refractivity contribution is 6.33. The number of rotatable bonds is 1. The van der Waals surface area contributed by atoms with Crippen LogP contribution in [0.15, 0.2) is 0 Å². The van der Waals surface area contributed by atoms with Crippen LogP contribution in [0.3, 0.4) is 0 Å². The van der Waals surface area contributed by atoms with E-state index in [0.717, 1.165) is 0 Å². The first-order chi connectivity index (χ1) is 2.27. The van der Waals surface area contributed by atoms with E-state index in [1.807, 2.05) is 4.86 Å². The van der Waals surface area contributed by atoms with Crippen molar-refractivity contribution in [3.63, 3.8) is 0 Å². The maximum absolute atomic E-state index is 10.2. The van der Waals surface area contributed by atoms with Crippen LogP contribution in [0.25, 0.3) is 0 Å². The van der Waals surface area contributed by atoms with E-state index < -0.39 is 7.47 Å². The third-order valence-corrected chi connectivity index (χ3v) is 0.0673. The molecule has 39 valence electrons. The largest absolute Gasteiger partial charge is 0.473 e. The van der Waals surface area contributed by atoms with Gasteiger partial charge in [-0.1, -0.05) is 4.53 Å². The summed E-state index contributed by atoms with van der Waals surface area (Å²) in [5, 5.41) is 0. The normalized spacial score (nSPS) is 8.00. The molecule has 0 rings (SSSR count). The molecule has 0 saturated carbocycles. The number of quaternary nitrogens is 1. The van der Waals surface area contributed by atoms with Crippen LogP contribution in [-0.4, -0.2) is 7.47 Å². The molecule has 0 fully saturated rings. The van der Waals surface area contributed by atoms with Crippen molar-refractivity contribution in [2.24, 2.45) is 0 Å². The van der Waals surface area contributed by atoms with Crippen LogP contribution in [0, 0.1) is 0 Å². The number of hydrogen-bond acceptors (Lipinski definition) is 1. The van der Waals surface area contributed by atoms with Gasteiger partial charge in [0.15, 0.2) is 0 Å². The summed E-state index contributed by atoms with van der Waals surface area (Å²) >= 11 is 0. The number of halogens is 3. The van der Waals surface area contributed by atoms with Crippen LogP contribution in [0.4, 0.5) is 13.2 Å². The minimum Gasteiger partial charge on any atom is -0.473 e. The Balaban J connectivity index is 0. The molecule has 6 heavy (non-hydrogen) atoms. The molecule has 1 radical (unpaired) electrons. The van der Waals surface area contributed by atoms with Crippen molar-refractivity contribution in [1.29, 1.82) is 0 Å². The summed E-state index contributed by atoms with van der Waals surface area (Å²) in [4.78, 5) is 1.92. The average Bonchev–Trinajstić information content (AvgIpc) is 1.38. The van der Waals surface area contributed by atoms with E-state index in [1.165, 1.54) is 0 Å². The van der Waals surface area contributed by atoms with Gasteiger partial charge in [0.2, 0.25) is 0 Å². The molecule has 0 atom stereocenters. The van der Waals surface area contributed by atoms with Crippen molar-refractivity contribution in [2.45, 2.75) is 0 Å². The van der Waals surface area contributed by atoms with E-state index in [-0.39, 0.29) is 6.15 Å². The van der Waals surface area contributed by atoms with Gasteiger partial charge in [0.05, 0.1) is 0 Å². The fraction of sp³-hybridized carbons (Fsp3) is 0. The summed E-state index contributed by atoms with van der Waals surface area (Å²) in [6, 6.07) is 0. The van der Waals surface area contributed by atoms with Crippen LogP contribution in [0.5, 0.6) is 0 Å². The second kappa shape index (κ2) is 4.77. The maximum Gasteiger partial charge on any atom is 0.411 e. The Labute approximate surface area is 33.0 Å². The first kappa shape index (κ1) is 9.24. The highest BCUT2D eigenvalue weighted by Crippen LogP contribution is 1.85. The molecule has 0 aromatic carbocycles. The zero-order chi connectivity index (χ0) is 4.28. The minimum absolute atomic E-state index is 0. The molecule has 0 aliphatic rings. The zero-order valence-corrected chi connectivity index (χ0v) is 3.12. The minimum atomic E-state index is -3.28. The molecule has 0 bridgehead atoms. The third kappa shape index (κ3) is 9.23. The van der Waals surface area contributed by atoms with E-state index in [1.54, 1.807) is 0 Å². The SMILES string of the molecule is FO[B-](F)F.[NH4+]. The van der Waals surface area contributed by atoms with E-state index in [4.69, 9.17) is 0 Å². The van der Waals surface area contributed by atoms with Crippen molar-refractivity contribution >= 4 is 7.47 Å². The van der Waals surface area contributed by atoms with Crippen LogP contribution < -0.4 is 6.15 Å². The average molecular weight is 102 g/mol. The lowest BCUT2D eigenvalue weighted by Crippen LogP contribution is -1.93. The Bertz CT molecular complexity index is 24.8. The summed E-state index contributed by atoms with van der Waals surface area (Å²) in [6.45, 7) is 0. The Morgan fingerprint density at radius 2 is 1.50 bits per heavy atom. The lowest BCUT2D eigenvalue weighted by atomic mass is 10.4. The van der Waals surface area contributed by atoms with Gasteiger partial charge in [-0.3, -0.25) is 0 Å². The van der Waals surface area contributed by atoms with Gasteiger partial charge in [0.1, 0.15) is 0 Å². The van der Waals surface area contributed by atoms with Crippen molar-refractivity contribution in [1.82, 2.24) is 6.15 Å². The second-order valence-corrected chi connectivity index (χ2v) is 0.350. The van der Waals surface area contributed by atoms with Gasteiger partial charge in [0.25, 0.3) is 0 Å². The molecule has 0 unspecified atom stereocenters. The van der Waals surface area contributed by atoms with Gasteiger partial charge in [-0.15, -0.1) is 0 Å². The Morgan fingerprint density at radius 1 is 1.33 bits per heavy atom. The molecule has 0 aliphatic carbocycles. The molecule has 4 N–H and O–H groups in total. The van der Waals surface area contributed by atoms with Crippen molar-refractivity contribution in [3.8, 4) is 0 Å². The molecule has 0 aromatic rings. The Kier molecular flexibility index (Phi) is 7.35. The van der Waals surface area contributed by atoms with E-state index in [2.05, 4.69) is 0 Å². The molecule has 0 heterocycles. The predicted octanol–water partition coefficient (Wildman–Crippen LogP) is 1.19. The zero-order valence-electron chi connectivity index (χ0n) is 3.12. The molecule has 0 aliphatic heterocycles. The van der Waals surface area contributed by atoms with E-state index >= 15 is 0 Å². The molecular formula is H4BF3NO. The first-order valence-corrected chi connectivity index (χ1v) is 0.826. The van der Waals surface area contributed by atoms with Gasteiger partial charge >= 0.3 is 7.47 Å². The van der Waals surface area contributed by atoms with Crippen molar-refractivity contribution in [2.75, 3.05) is 0 Å². The first-order valence-electron chi connectivity index (χ1n) is 0.826. The highest BCUT2D eigenvalue weighted by Gasteiger charge is 1.86. The topological polar surface area (TPSA) is 45.7 Å². The fourth-order valence-electron chi connectivity index (χ4n) is 0. The van der Waals surface area contributed by atoms with Gasteiger partial charge in [-0.2, -0.15) is 0 Å². The third-order valence-electron chi connectivity index (χ3n) is 0.0673. The molecular weight excluding hydrogens is 97.8 g/mol. The Morgan fingerprint density at radius 3 is 1.50 bits per heavy atom. The summed E-state index contributed by atoms with van der Waals surface area (Å²) < 4.78 is 30.2. The van der Waals surface area contributed by atoms with E-state index in [9.17, 15) is 13.2 Å². The molecule has 6 heteroatoms. The van der Waals surface area contributed by atoms with Crippen molar-refractivity contribution < 1.29 is 18.0 Å². The van der Waals surface area contributed by atoms with Crippen LogP contribution in [-0.2, 0) is 4.86 Å². The quantitative estimate of drug-likeness (QED) is 0.496. The second-order valence-electron chi connectivity index (χ2n) is 0.350.